The molecule has 2 fully saturated rings. The highest BCUT2D eigenvalue weighted by Gasteiger charge is 2.35. The van der Waals surface area contributed by atoms with Crippen LogP contribution in [0, 0.1) is 0 Å². The topological polar surface area (TPSA) is 43.4 Å². The van der Waals surface area contributed by atoms with Crippen LogP contribution >= 0.6 is 0 Å². The van der Waals surface area contributed by atoms with Gasteiger partial charge in [0.2, 0.25) is 0 Å². The van der Waals surface area contributed by atoms with Crippen molar-refractivity contribution in [1.82, 2.24) is 0 Å². The van der Waals surface area contributed by atoms with Crippen LogP contribution in [0.3, 0.4) is 0 Å². The summed E-state index contributed by atoms with van der Waals surface area (Å²) in [5, 5.41) is 0.251. The van der Waals surface area contributed by atoms with Crippen LogP contribution in [0.4, 0.5) is 0 Å². The maximum Gasteiger partial charge on any atom is 0.134 e. The normalized spacial score (nSPS) is 39.3. The van der Waals surface area contributed by atoms with E-state index in [-0.39, 0.29) is 22.4 Å². The molecule has 0 aromatic heterocycles. The first kappa shape index (κ1) is 11.3. The zero-order chi connectivity index (χ0) is 10.8. The van der Waals surface area contributed by atoms with E-state index >= 15 is 0 Å². The number of rotatable bonds is 2. The number of ether oxygens (including phenoxy) is 1. The number of ketones is 1. The van der Waals surface area contributed by atoms with Gasteiger partial charge >= 0.3 is 0 Å². The van der Waals surface area contributed by atoms with Crippen LogP contribution in [0.15, 0.2) is 0 Å². The molecule has 15 heavy (non-hydrogen) atoms. The van der Waals surface area contributed by atoms with Crippen molar-refractivity contribution in [2.45, 2.75) is 55.6 Å². The molecule has 0 N–H and O–H groups in total. The Kier molecular flexibility index (Phi) is 3.57. The molecule has 4 atom stereocenters. The van der Waals surface area contributed by atoms with Crippen LogP contribution in [0.5, 0.6) is 0 Å². The molecule has 2 rings (SSSR count). The van der Waals surface area contributed by atoms with Crippen molar-refractivity contribution < 1.29 is 13.7 Å². The van der Waals surface area contributed by atoms with Gasteiger partial charge in [-0.2, -0.15) is 0 Å². The minimum atomic E-state index is -0.878. The molecule has 0 aromatic rings. The number of hydrogen-bond donors (Lipinski definition) is 0. The second-order valence-electron chi connectivity index (χ2n) is 4.49. The van der Waals surface area contributed by atoms with E-state index in [0.717, 1.165) is 25.9 Å². The summed E-state index contributed by atoms with van der Waals surface area (Å²) in [4.78, 5) is 11.3. The predicted octanol–water partition coefficient (Wildman–Crippen LogP) is 1.42. The van der Waals surface area contributed by atoms with Gasteiger partial charge in [-0.15, -0.1) is 0 Å². The molecule has 1 aliphatic heterocycles. The minimum absolute atomic E-state index is 0.0976. The Morgan fingerprint density at radius 1 is 1.40 bits per heavy atom. The van der Waals surface area contributed by atoms with Gasteiger partial charge < -0.3 is 4.74 Å². The Labute approximate surface area is 93.0 Å². The Morgan fingerprint density at radius 3 is 2.80 bits per heavy atom. The summed E-state index contributed by atoms with van der Waals surface area (Å²) in [5.41, 5.74) is 0. The van der Waals surface area contributed by atoms with Crippen molar-refractivity contribution >= 4 is 16.6 Å². The summed E-state index contributed by atoms with van der Waals surface area (Å²) in [5.74, 6) is 0.283. The fourth-order valence-electron chi connectivity index (χ4n) is 2.45. The quantitative estimate of drug-likeness (QED) is 0.720. The largest absolute Gasteiger partial charge is 0.377 e. The third kappa shape index (κ3) is 2.48. The standard InChI is InChI=1S/C11H18O3S/c1-8-11(5-6-14-8)15(13)10-4-2-3-9(12)7-10/h8,10-11H,2-7H2,1H3. The highest BCUT2D eigenvalue weighted by atomic mass is 32.2. The third-order valence-corrected chi connectivity index (χ3v) is 5.65. The predicted molar refractivity (Wildman–Crippen MR) is 59.2 cm³/mol. The van der Waals surface area contributed by atoms with Crippen molar-refractivity contribution in [3.63, 3.8) is 0 Å². The molecule has 1 aliphatic carbocycles. The lowest BCUT2D eigenvalue weighted by molar-refractivity contribution is -0.120. The van der Waals surface area contributed by atoms with E-state index in [0.29, 0.717) is 12.8 Å². The van der Waals surface area contributed by atoms with E-state index in [1.54, 1.807) is 0 Å². The van der Waals surface area contributed by atoms with E-state index in [1.165, 1.54) is 0 Å². The molecule has 3 nitrogen and oxygen atoms in total. The molecule has 0 bridgehead atoms. The lowest BCUT2D eigenvalue weighted by Crippen LogP contribution is -2.34. The summed E-state index contributed by atoms with van der Waals surface area (Å²) in [6, 6.07) is 0. The average Bonchev–Trinajstić information content (AvgIpc) is 2.63. The third-order valence-electron chi connectivity index (χ3n) is 3.37. The number of Topliss-reactive ketones (excluding diaryl/α,β-unsaturated/α-hetero) is 1. The Bertz CT molecular complexity index is 277. The van der Waals surface area contributed by atoms with Gasteiger partial charge in [0.25, 0.3) is 0 Å². The van der Waals surface area contributed by atoms with E-state index in [1.807, 2.05) is 6.92 Å². The number of carbonyl (C=O) groups excluding carboxylic acids is 1. The molecule has 1 heterocycles. The van der Waals surface area contributed by atoms with Crippen LogP contribution in [-0.2, 0) is 20.3 Å². The zero-order valence-corrected chi connectivity index (χ0v) is 9.92. The van der Waals surface area contributed by atoms with Gasteiger partial charge in [-0.05, 0) is 26.2 Å². The van der Waals surface area contributed by atoms with Crippen molar-refractivity contribution in [3.05, 3.63) is 0 Å². The van der Waals surface area contributed by atoms with Gasteiger partial charge in [-0.3, -0.25) is 9.00 Å². The van der Waals surface area contributed by atoms with Crippen LogP contribution in [0.2, 0.25) is 0 Å². The van der Waals surface area contributed by atoms with Gasteiger partial charge in [0.15, 0.2) is 0 Å². The summed E-state index contributed by atoms with van der Waals surface area (Å²) in [7, 11) is -0.878. The Hall–Kier alpha value is -0.220. The van der Waals surface area contributed by atoms with Crippen molar-refractivity contribution in [3.8, 4) is 0 Å². The van der Waals surface area contributed by atoms with E-state index in [9.17, 15) is 9.00 Å². The summed E-state index contributed by atoms with van der Waals surface area (Å²) in [6.07, 6.45) is 4.06. The molecule has 0 spiro atoms. The molecule has 4 unspecified atom stereocenters. The van der Waals surface area contributed by atoms with Crippen LogP contribution in [0.1, 0.15) is 39.0 Å². The fourth-order valence-corrected chi connectivity index (χ4v) is 4.48. The van der Waals surface area contributed by atoms with Gasteiger partial charge in [0, 0.05) is 35.5 Å². The SMILES string of the molecule is CC1OCCC1S(=O)C1CCCC(=O)C1. The molecule has 0 radical (unpaired) electrons. The van der Waals surface area contributed by atoms with Gasteiger partial charge in [0.05, 0.1) is 11.4 Å². The lowest BCUT2D eigenvalue weighted by atomic mass is 9.99. The van der Waals surface area contributed by atoms with Crippen LogP contribution < -0.4 is 0 Å². The van der Waals surface area contributed by atoms with E-state index in [4.69, 9.17) is 4.74 Å². The monoisotopic (exact) mass is 230 g/mol. The molecule has 86 valence electrons. The second-order valence-corrected chi connectivity index (χ2v) is 6.42. The fraction of sp³-hybridized carbons (Fsp3) is 0.909. The molecule has 1 saturated heterocycles. The van der Waals surface area contributed by atoms with E-state index < -0.39 is 10.8 Å². The van der Waals surface area contributed by atoms with Crippen LogP contribution in [-0.4, -0.2) is 33.2 Å². The van der Waals surface area contributed by atoms with Crippen LogP contribution in [0.25, 0.3) is 0 Å². The smallest absolute Gasteiger partial charge is 0.134 e. The average molecular weight is 230 g/mol. The van der Waals surface area contributed by atoms with E-state index in [2.05, 4.69) is 0 Å². The van der Waals surface area contributed by atoms with Crippen molar-refractivity contribution in [2.75, 3.05) is 6.61 Å². The zero-order valence-electron chi connectivity index (χ0n) is 9.11. The maximum atomic E-state index is 12.2. The van der Waals surface area contributed by atoms with Crippen molar-refractivity contribution in [1.29, 1.82) is 0 Å². The molecule has 4 heteroatoms. The minimum Gasteiger partial charge on any atom is -0.377 e. The molecule has 2 aliphatic rings. The van der Waals surface area contributed by atoms with Gasteiger partial charge in [-0.1, -0.05) is 0 Å². The van der Waals surface area contributed by atoms with Gasteiger partial charge in [0.1, 0.15) is 5.78 Å². The highest BCUT2D eigenvalue weighted by Crippen LogP contribution is 2.27. The van der Waals surface area contributed by atoms with Gasteiger partial charge in [-0.25, -0.2) is 0 Å². The Morgan fingerprint density at radius 2 is 2.20 bits per heavy atom. The number of hydrogen-bond acceptors (Lipinski definition) is 3. The molecule has 0 aromatic carbocycles. The van der Waals surface area contributed by atoms with Crippen molar-refractivity contribution in [2.24, 2.45) is 0 Å². The summed E-state index contributed by atoms with van der Waals surface area (Å²) < 4.78 is 17.7. The number of carbonyl (C=O) groups is 1. The maximum absolute atomic E-state index is 12.2. The summed E-state index contributed by atoms with van der Waals surface area (Å²) >= 11 is 0. The first-order valence-corrected chi connectivity index (χ1v) is 6.99. The lowest BCUT2D eigenvalue weighted by Gasteiger charge is -2.24. The first-order valence-electron chi connectivity index (χ1n) is 5.71. The summed E-state index contributed by atoms with van der Waals surface area (Å²) in [6.45, 7) is 2.71. The molecular formula is C11H18O3S. The Balaban J connectivity index is 1.97. The second kappa shape index (κ2) is 4.74. The molecule has 0 amide bonds. The molecule has 1 saturated carbocycles. The highest BCUT2D eigenvalue weighted by molar-refractivity contribution is 7.86. The molecular weight excluding hydrogens is 212 g/mol. The first-order chi connectivity index (χ1) is 7.18.